The number of rotatable bonds is 2. The SMILES string of the molecule is Cc1ccc2c(c1C)N(CC(N)=O)C(=O)C2N. The number of anilines is 1. The molecule has 1 aromatic rings. The Kier molecular flexibility index (Phi) is 2.63. The minimum absolute atomic E-state index is 0.121. The maximum Gasteiger partial charge on any atom is 0.249 e. The molecule has 1 aliphatic rings. The number of benzene rings is 1. The summed E-state index contributed by atoms with van der Waals surface area (Å²) in [5, 5.41) is 0. The Bertz CT molecular complexity index is 511. The standard InChI is InChI=1S/C12H15N3O2/c1-6-3-4-8-10(14)12(17)15(5-9(13)16)11(8)7(6)2/h3-4,10H,5,14H2,1-2H3,(H2,13,16). The number of hydrogen-bond acceptors (Lipinski definition) is 3. The number of fused-ring (bicyclic) bond motifs is 1. The van der Waals surface area contributed by atoms with Gasteiger partial charge in [0.25, 0.3) is 0 Å². The van der Waals surface area contributed by atoms with E-state index in [1.54, 1.807) is 0 Å². The van der Waals surface area contributed by atoms with Gasteiger partial charge in [-0.25, -0.2) is 0 Å². The molecule has 0 spiro atoms. The highest BCUT2D eigenvalue weighted by Gasteiger charge is 2.36. The highest BCUT2D eigenvalue weighted by atomic mass is 16.2. The van der Waals surface area contributed by atoms with Crippen LogP contribution in [0.25, 0.3) is 0 Å². The van der Waals surface area contributed by atoms with Crippen molar-refractivity contribution >= 4 is 17.5 Å². The van der Waals surface area contributed by atoms with E-state index < -0.39 is 11.9 Å². The molecule has 2 amide bonds. The highest BCUT2D eigenvalue weighted by molar-refractivity contribution is 6.08. The number of carbonyl (C=O) groups excluding carboxylic acids is 2. The van der Waals surface area contributed by atoms with Crippen LogP contribution in [0.15, 0.2) is 12.1 Å². The lowest BCUT2D eigenvalue weighted by Crippen LogP contribution is -2.38. The number of carbonyl (C=O) groups is 2. The van der Waals surface area contributed by atoms with E-state index in [0.29, 0.717) is 0 Å². The lowest BCUT2D eigenvalue weighted by Gasteiger charge is -2.18. The molecule has 1 unspecified atom stereocenters. The number of primary amides is 1. The van der Waals surface area contributed by atoms with Crippen LogP contribution >= 0.6 is 0 Å². The zero-order chi connectivity index (χ0) is 12.7. The lowest BCUT2D eigenvalue weighted by molar-refractivity contribution is -0.122. The summed E-state index contributed by atoms with van der Waals surface area (Å²) < 4.78 is 0. The second-order valence-electron chi connectivity index (χ2n) is 4.31. The Morgan fingerprint density at radius 2 is 2.06 bits per heavy atom. The van der Waals surface area contributed by atoms with Crippen molar-refractivity contribution < 1.29 is 9.59 Å². The van der Waals surface area contributed by atoms with Crippen molar-refractivity contribution in [3.8, 4) is 0 Å². The molecule has 0 saturated heterocycles. The van der Waals surface area contributed by atoms with E-state index in [2.05, 4.69) is 0 Å². The molecular weight excluding hydrogens is 218 g/mol. The first-order chi connectivity index (χ1) is 7.93. The van der Waals surface area contributed by atoms with Gasteiger partial charge in [0.2, 0.25) is 11.8 Å². The Hall–Kier alpha value is -1.88. The second kappa shape index (κ2) is 3.85. The van der Waals surface area contributed by atoms with Gasteiger partial charge in [0.15, 0.2) is 0 Å². The smallest absolute Gasteiger partial charge is 0.249 e. The minimum atomic E-state index is -0.691. The van der Waals surface area contributed by atoms with Crippen molar-refractivity contribution in [1.29, 1.82) is 0 Å². The van der Waals surface area contributed by atoms with Gasteiger partial charge >= 0.3 is 0 Å². The first kappa shape index (κ1) is 11.6. The van der Waals surface area contributed by atoms with Gasteiger partial charge in [-0.05, 0) is 25.0 Å². The van der Waals surface area contributed by atoms with Gasteiger partial charge in [-0.1, -0.05) is 12.1 Å². The van der Waals surface area contributed by atoms with Gasteiger partial charge in [-0.15, -0.1) is 0 Å². The summed E-state index contributed by atoms with van der Waals surface area (Å²) in [6.07, 6.45) is 0. The summed E-state index contributed by atoms with van der Waals surface area (Å²) in [6, 6.07) is 3.07. The monoisotopic (exact) mass is 233 g/mol. The van der Waals surface area contributed by atoms with Gasteiger partial charge in [0, 0.05) is 5.56 Å². The van der Waals surface area contributed by atoms with Crippen LogP contribution in [-0.4, -0.2) is 18.4 Å². The average molecular weight is 233 g/mol. The second-order valence-corrected chi connectivity index (χ2v) is 4.31. The molecule has 17 heavy (non-hydrogen) atoms. The van der Waals surface area contributed by atoms with Crippen LogP contribution in [0.3, 0.4) is 0 Å². The molecule has 0 saturated carbocycles. The fourth-order valence-electron chi connectivity index (χ4n) is 2.16. The Morgan fingerprint density at radius 1 is 1.41 bits per heavy atom. The molecule has 0 aliphatic carbocycles. The van der Waals surface area contributed by atoms with E-state index in [4.69, 9.17) is 11.5 Å². The van der Waals surface area contributed by atoms with Gasteiger partial charge < -0.3 is 16.4 Å². The van der Waals surface area contributed by atoms with E-state index in [9.17, 15) is 9.59 Å². The van der Waals surface area contributed by atoms with Crippen LogP contribution in [0.2, 0.25) is 0 Å². The Labute approximate surface area is 99.4 Å². The number of amides is 2. The van der Waals surface area contributed by atoms with Crippen molar-refractivity contribution in [1.82, 2.24) is 0 Å². The van der Waals surface area contributed by atoms with Crippen LogP contribution in [0, 0.1) is 13.8 Å². The van der Waals surface area contributed by atoms with E-state index in [-0.39, 0.29) is 12.5 Å². The maximum atomic E-state index is 12.0. The summed E-state index contributed by atoms with van der Waals surface area (Å²) in [5.74, 6) is -0.813. The first-order valence-electron chi connectivity index (χ1n) is 5.39. The molecule has 5 heteroatoms. The molecule has 1 heterocycles. The Morgan fingerprint density at radius 3 is 2.65 bits per heavy atom. The maximum absolute atomic E-state index is 12.0. The van der Waals surface area contributed by atoms with Gasteiger partial charge in [-0.2, -0.15) is 0 Å². The van der Waals surface area contributed by atoms with E-state index in [0.717, 1.165) is 22.4 Å². The molecular formula is C12H15N3O2. The van der Waals surface area contributed by atoms with Crippen LogP contribution in [0.5, 0.6) is 0 Å². The third kappa shape index (κ3) is 1.68. The highest BCUT2D eigenvalue weighted by Crippen LogP contribution is 2.38. The van der Waals surface area contributed by atoms with Crippen molar-refractivity contribution in [2.24, 2.45) is 11.5 Å². The molecule has 2 rings (SSSR count). The quantitative estimate of drug-likeness (QED) is 0.761. The molecule has 4 N–H and O–H groups in total. The predicted molar refractivity (Wildman–Crippen MR) is 64.4 cm³/mol. The summed E-state index contributed by atoms with van der Waals surface area (Å²) in [4.78, 5) is 24.3. The van der Waals surface area contributed by atoms with E-state index >= 15 is 0 Å². The van der Waals surface area contributed by atoms with Gasteiger partial charge in [0.05, 0.1) is 5.69 Å². The third-order valence-corrected chi connectivity index (χ3v) is 3.18. The summed E-state index contributed by atoms with van der Waals surface area (Å²) in [6.45, 7) is 3.74. The zero-order valence-corrected chi connectivity index (χ0v) is 9.86. The first-order valence-corrected chi connectivity index (χ1v) is 5.39. The zero-order valence-electron chi connectivity index (χ0n) is 9.86. The number of aryl methyl sites for hydroxylation is 1. The van der Waals surface area contributed by atoms with Crippen molar-refractivity contribution in [2.45, 2.75) is 19.9 Å². The van der Waals surface area contributed by atoms with E-state index in [1.165, 1.54) is 4.90 Å². The van der Waals surface area contributed by atoms with Gasteiger partial charge in [-0.3, -0.25) is 9.59 Å². The normalized spacial score (nSPS) is 18.4. The molecule has 0 bridgehead atoms. The largest absolute Gasteiger partial charge is 0.368 e. The molecule has 0 fully saturated rings. The average Bonchev–Trinajstić information content (AvgIpc) is 2.49. The van der Waals surface area contributed by atoms with Crippen LogP contribution in [-0.2, 0) is 9.59 Å². The fourth-order valence-corrected chi connectivity index (χ4v) is 2.16. The summed E-state index contributed by atoms with van der Waals surface area (Å²) in [7, 11) is 0. The summed E-state index contributed by atoms with van der Waals surface area (Å²) >= 11 is 0. The van der Waals surface area contributed by atoms with Crippen LogP contribution in [0.4, 0.5) is 5.69 Å². The number of hydrogen-bond donors (Lipinski definition) is 2. The fraction of sp³-hybridized carbons (Fsp3) is 0.333. The summed E-state index contributed by atoms with van der Waals surface area (Å²) in [5.41, 5.74) is 14.5. The topological polar surface area (TPSA) is 89.4 Å². The molecule has 1 aliphatic heterocycles. The molecule has 90 valence electrons. The van der Waals surface area contributed by atoms with E-state index in [1.807, 2.05) is 26.0 Å². The molecule has 0 aromatic heterocycles. The van der Waals surface area contributed by atoms with Crippen LogP contribution < -0.4 is 16.4 Å². The van der Waals surface area contributed by atoms with Crippen molar-refractivity contribution in [3.63, 3.8) is 0 Å². The van der Waals surface area contributed by atoms with Gasteiger partial charge in [0.1, 0.15) is 12.6 Å². The minimum Gasteiger partial charge on any atom is -0.368 e. The molecule has 1 atom stereocenters. The number of nitrogens with zero attached hydrogens (tertiary/aromatic N) is 1. The number of nitrogens with two attached hydrogens (primary N) is 2. The molecule has 0 radical (unpaired) electrons. The van der Waals surface area contributed by atoms with Crippen molar-refractivity contribution in [2.75, 3.05) is 11.4 Å². The lowest BCUT2D eigenvalue weighted by atomic mass is 10.0. The third-order valence-electron chi connectivity index (χ3n) is 3.18. The van der Waals surface area contributed by atoms with Crippen molar-refractivity contribution in [3.05, 3.63) is 28.8 Å². The van der Waals surface area contributed by atoms with Crippen LogP contribution in [0.1, 0.15) is 22.7 Å². The molecule has 5 nitrogen and oxygen atoms in total. The Balaban J connectivity index is 2.57. The molecule has 1 aromatic carbocycles. The predicted octanol–water partition coefficient (Wildman–Crippen LogP) is 0.135.